The van der Waals surface area contributed by atoms with Gasteiger partial charge in [-0.3, -0.25) is 4.79 Å². The fourth-order valence-electron chi connectivity index (χ4n) is 3.80. The first-order chi connectivity index (χ1) is 11.5. The number of benzene rings is 1. The van der Waals surface area contributed by atoms with Crippen molar-refractivity contribution in [2.45, 2.75) is 37.5 Å². The van der Waals surface area contributed by atoms with Gasteiger partial charge in [0.25, 0.3) is 0 Å². The molecule has 2 aliphatic heterocycles. The third kappa shape index (κ3) is 2.81. The van der Waals surface area contributed by atoms with Gasteiger partial charge in [-0.25, -0.2) is 9.59 Å². The van der Waals surface area contributed by atoms with Gasteiger partial charge in [-0.2, -0.15) is 0 Å². The van der Waals surface area contributed by atoms with Gasteiger partial charge in [0.2, 0.25) is 0 Å². The number of piperidine rings is 1. The number of methoxy groups -OCH3 is 1. The Bertz CT molecular complexity index is 646. The van der Waals surface area contributed by atoms with Gasteiger partial charge < -0.3 is 19.5 Å². The van der Waals surface area contributed by atoms with E-state index in [-0.39, 0.29) is 6.04 Å². The maximum Gasteiger partial charge on any atom is 0.407 e. The van der Waals surface area contributed by atoms with Crippen LogP contribution in [0.3, 0.4) is 0 Å². The third-order valence-electron chi connectivity index (χ3n) is 4.83. The molecule has 0 radical (unpaired) electrons. The highest BCUT2D eigenvalue weighted by Gasteiger charge is 2.54. The van der Waals surface area contributed by atoms with Crippen LogP contribution in [0.25, 0.3) is 0 Å². The topological polar surface area (TPSA) is 93.1 Å². The van der Waals surface area contributed by atoms with Gasteiger partial charge in [0, 0.05) is 12.5 Å². The number of rotatable bonds is 3. The molecular formula is C17H19NO6. The minimum Gasteiger partial charge on any atom is -0.469 e. The van der Waals surface area contributed by atoms with E-state index < -0.39 is 36.1 Å². The van der Waals surface area contributed by atoms with Gasteiger partial charge in [0.05, 0.1) is 18.7 Å². The lowest BCUT2D eigenvalue weighted by atomic mass is 9.87. The zero-order valence-corrected chi connectivity index (χ0v) is 13.3. The van der Waals surface area contributed by atoms with E-state index in [9.17, 15) is 19.5 Å². The molecule has 2 heterocycles. The van der Waals surface area contributed by atoms with Crippen LogP contribution in [0.2, 0.25) is 0 Å². The van der Waals surface area contributed by atoms with Crippen molar-refractivity contribution in [1.29, 1.82) is 0 Å². The Balaban J connectivity index is 1.83. The van der Waals surface area contributed by atoms with Crippen LogP contribution in [0.5, 0.6) is 0 Å². The average Bonchev–Trinajstić information content (AvgIpc) is 2.90. The molecule has 7 heteroatoms. The van der Waals surface area contributed by atoms with Crippen molar-refractivity contribution in [1.82, 2.24) is 4.90 Å². The summed E-state index contributed by atoms with van der Waals surface area (Å²) in [5.74, 6) is -1.85. The van der Waals surface area contributed by atoms with Crippen molar-refractivity contribution in [2.24, 2.45) is 5.92 Å². The zero-order valence-electron chi connectivity index (χ0n) is 13.3. The van der Waals surface area contributed by atoms with Gasteiger partial charge in [-0.15, -0.1) is 0 Å². The van der Waals surface area contributed by atoms with Crippen LogP contribution in [0.15, 0.2) is 30.3 Å². The first kappa shape index (κ1) is 16.3. The quantitative estimate of drug-likeness (QED) is 0.850. The van der Waals surface area contributed by atoms with Crippen molar-refractivity contribution in [2.75, 3.05) is 7.11 Å². The molecule has 0 saturated carbocycles. The van der Waals surface area contributed by atoms with E-state index >= 15 is 0 Å². The van der Waals surface area contributed by atoms with Gasteiger partial charge in [-0.05, 0) is 25.0 Å². The Morgan fingerprint density at radius 1 is 1.17 bits per heavy atom. The summed E-state index contributed by atoms with van der Waals surface area (Å²) in [5, 5.41) is 9.40. The summed E-state index contributed by atoms with van der Waals surface area (Å²) in [6, 6.07) is 7.77. The molecule has 0 unspecified atom stereocenters. The Morgan fingerprint density at radius 3 is 2.50 bits per heavy atom. The number of carboxylic acid groups (broad SMARTS) is 1. The summed E-state index contributed by atoms with van der Waals surface area (Å²) in [5.41, 5.74) is 0.397. The molecular weight excluding hydrogens is 314 g/mol. The third-order valence-corrected chi connectivity index (χ3v) is 4.83. The smallest absolute Gasteiger partial charge is 0.407 e. The molecule has 1 amide bonds. The Hall–Kier alpha value is -2.57. The number of carbonyl (C=O) groups is 3. The predicted octanol–water partition coefficient (Wildman–Crippen LogP) is 1.92. The van der Waals surface area contributed by atoms with Crippen LogP contribution in [0.4, 0.5) is 4.79 Å². The van der Waals surface area contributed by atoms with Gasteiger partial charge >= 0.3 is 18.0 Å². The average molecular weight is 333 g/mol. The number of fused-ring (bicyclic) bond motifs is 2. The molecule has 7 nitrogen and oxygen atoms in total. The number of ether oxygens (including phenoxy) is 2. The second-order valence-corrected chi connectivity index (χ2v) is 6.08. The Kier molecular flexibility index (Phi) is 4.42. The molecule has 2 saturated heterocycles. The minimum absolute atomic E-state index is 0.234. The van der Waals surface area contributed by atoms with E-state index in [1.165, 1.54) is 12.0 Å². The van der Waals surface area contributed by atoms with Crippen molar-refractivity contribution >= 4 is 18.0 Å². The number of hydrogen-bond donors (Lipinski definition) is 1. The van der Waals surface area contributed by atoms with E-state index in [1.807, 2.05) is 0 Å². The van der Waals surface area contributed by atoms with E-state index in [4.69, 9.17) is 9.47 Å². The van der Waals surface area contributed by atoms with Crippen molar-refractivity contribution in [3.05, 3.63) is 35.9 Å². The highest BCUT2D eigenvalue weighted by Crippen LogP contribution is 2.41. The normalized spacial score (nSPS) is 28.3. The number of esters is 2. The van der Waals surface area contributed by atoms with Crippen LogP contribution in [-0.4, -0.2) is 53.3 Å². The fraction of sp³-hybridized carbons (Fsp3) is 0.471. The van der Waals surface area contributed by atoms with Crippen LogP contribution in [0.1, 0.15) is 29.6 Å². The summed E-state index contributed by atoms with van der Waals surface area (Å²) in [6.07, 6.45) is -0.205. The molecule has 0 spiro atoms. The van der Waals surface area contributed by atoms with Crippen LogP contribution >= 0.6 is 0 Å². The molecule has 1 aromatic rings. The number of nitrogens with zero attached hydrogens (tertiary/aromatic N) is 1. The summed E-state index contributed by atoms with van der Waals surface area (Å²) >= 11 is 0. The zero-order chi connectivity index (χ0) is 17.3. The van der Waals surface area contributed by atoms with Crippen molar-refractivity contribution < 1.29 is 29.0 Å². The Morgan fingerprint density at radius 2 is 1.88 bits per heavy atom. The highest BCUT2D eigenvalue weighted by molar-refractivity contribution is 5.89. The largest absolute Gasteiger partial charge is 0.469 e. The van der Waals surface area contributed by atoms with Crippen LogP contribution in [-0.2, 0) is 14.3 Å². The van der Waals surface area contributed by atoms with Crippen LogP contribution in [0, 0.1) is 5.92 Å². The van der Waals surface area contributed by atoms with Crippen LogP contribution < -0.4 is 0 Å². The summed E-state index contributed by atoms with van der Waals surface area (Å²) < 4.78 is 10.4. The molecule has 0 aromatic heterocycles. The van der Waals surface area contributed by atoms with Gasteiger partial charge in [0.15, 0.2) is 0 Å². The molecule has 3 rings (SSSR count). The van der Waals surface area contributed by atoms with Gasteiger partial charge in [-0.1, -0.05) is 18.2 Å². The molecule has 2 fully saturated rings. The maximum absolute atomic E-state index is 12.3. The molecule has 4 atom stereocenters. The second kappa shape index (κ2) is 6.51. The number of carbonyl (C=O) groups excluding carboxylic acids is 2. The minimum atomic E-state index is -1.05. The first-order valence-electron chi connectivity index (χ1n) is 7.88. The van der Waals surface area contributed by atoms with Gasteiger partial charge in [0.1, 0.15) is 12.0 Å². The number of hydrogen-bond acceptors (Lipinski definition) is 5. The standard InChI is InChI=1S/C17H19NO6/c1-23-16(20)14-12-8-7-11(18(12)17(21)22)9-13(14)24-15(19)10-5-3-2-4-6-10/h2-6,11-14H,7-9H2,1H3,(H,21,22)/t11-,12-,13+,14-/m1/s1. The molecule has 1 aromatic carbocycles. The molecule has 0 aliphatic carbocycles. The monoisotopic (exact) mass is 333 g/mol. The Labute approximate surface area is 139 Å². The van der Waals surface area contributed by atoms with Crippen molar-refractivity contribution in [3.63, 3.8) is 0 Å². The summed E-state index contributed by atoms with van der Waals surface area (Å²) in [4.78, 5) is 37.3. The lowest BCUT2D eigenvalue weighted by Gasteiger charge is -2.41. The van der Waals surface area contributed by atoms with Crippen molar-refractivity contribution in [3.8, 4) is 0 Å². The molecule has 2 bridgehead atoms. The van der Waals surface area contributed by atoms with E-state index in [1.54, 1.807) is 30.3 Å². The first-order valence-corrected chi connectivity index (χ1v) is 7.88. The highest BCUT2D eigenvalue weighted by atomic mass is 16.6. The summed E-state index contributed by atoms with van der Waals surface area (Å²) in [6.45, 7) is 0. The molecule has 1 N–H and O–H groups in total. The number of amides is 1. The van der Waals surface area contributed by atoms with E-state index in [2.05, 4.69) is 0 Å². The maximum atomic E-state index is 12.3. The second-order valence-electron chi connectivity index (χ2n) is 6.08. The molecule has 128 valence electrons. The predicted molar refractivity (Wildman–Crippen MR) is 82.4 cm³/mol. The molecule has 2 aliphatic rings. The lowest BCUT2D eigenvalue weighted by molar-refractivity contribution is -0.155. The SMILES string of the molecule is COC(=O)[C@H]1[C@@H](OC(=O)c2ccccc2)C[C@H]2CC[C@H]1N2C(=O)O. The molecule has 24 heavy (non-hydrogen) atoms. The van der Waals surface area contributed by atoms with E-state index in [0.29, 0.717) is 24.8 Å². The lowest BCUT2D eigenvalue weighted by Crippen LogP contribution is -2.56. The fourth-order valence-corrected chi connectivity index (χ4v) is 3.80. The van der Waals surface area contributed by atoms with E-state index in [0.717, 1.165) is 0 Å². The summed E-state index contributed by atoms with van der Waals surface area (Å²) in [7, 11) is 1.25.